The molecule has 0 N–H and O–H groups in total. The molecule has 2 rings (SSSR count). The topological polar surface area (TPSA) is 55.8 Å². The molecular weight excluding hydrogens is 373 g/mol. The van der Waals surface area contributed by atoms with Gasteiger partial charge in [-0.3, -0.25) is 14.3 Å². The Kier molecular flexibility index (Phi) is 8.58. The molecule has 152 valence electrons. The van der Waals surface area contributed by atoms with Gasteiger partial charge in [0, 0.05) is 27.3 Å². The lowest BCUT2D eigenvalue weighted by atomic mass is 9.97. The number of Topliss-reactive ketones (excluding diaryl/α,β-unsaturated/α-hetero) is 1. The molecule has 0 aromatic heterocycles. The third-order valence-electron chi connectivity index (χ3n) is 4.72. The van der Waals surface area contributed by atoms with Crippen LogP contribution in [0.3, 0.4) is 0 Å². The highest BCUT2D eigenvalue weighted by atomic mass is 31.2. The maximum absolute atomic E-state index is 13.2. The number of hydrogen-bond acceptors (Lipinski definition) is 5. The molecule has 5 nitrogen and oxygen atoms in total. The van der Waals surface area contributed by atoms with E-state index >= 15 is 0 Å². The largest absolute Gasteiger partial charge is 0.337 e. The van der Waals surface area contributed by atoms with Gasteiger partial charge >= 0.3 is 7.60 Å². The normalized spacial score (nSPS) is 13.1. The van der Waals surface area contributed by atoms with E-state index in [4.69, 9.17) is 9.05 Å². The second-order valence-corrected chi connectivity index (χ2v) is 9.43. The molecule has 2 aromatic carbocycles. The molecule has 0 saturated heterocycles. The average molecular weight is 403 g/mol. The molecule has 28 heavy (non-hydrogen) atoms. The van der Waals surface area contributed by atoms with E-state index in [9.17, 15) is 9.36 Å². The first-order valence-electron chi connectivity index (χ1n) is 9.43. The Hall–Kier alpha value is -1.78. The highest BCUT2D eigenvalue weighted by molar-refractivity contribution is 7.54. The monoisotopic (exact) mass is 403 g/mol. The van der Waals surface area contributed by atoms with Crippen LogP contribution in [0.25, 0.3) is 0 Å². The van der Waals surface area contributed by atoms with Gasteiger partial charge in [0.25, 0.3) is 0 Å². The molecule has 0 amide bonds. The van der Waals surface area contributed by atoms with Crippen LogP contribution in [0.15, 0.2) is 60.7 Å². The van der Waals surface area contributed by atoms with Crippen molar-refractivity contribution >= 4 is 13.4 Å². The van der Waals surface area contributed by atoms with Gasteiger partial charge in [-0.05, 0) is 17.0 Å². The van der Waals surface area contributed by atoms with Crippen LogP contribution < -0.4 is 0 Å². The number of benzene rings is 2. The molecule has 0 fully saturated rings. The minimum absolute atomic E-state index is 0.0436. The molecule has 0 bridgehead atoms. The molecule has 0 aliphatic carbocycles. The fraction of sp³-hybridized carbons (Fsp3) is 0.409. The second-order valence-electron chi connectivity index (χ2n) is 7.17. The van der Waals surface area contributed by atoms with Crippen LogP contribution in [0.4, 0.5) is 0 Å². The number of carbonyl (C=O) groups is 1. The minimum Gasteiger partial charge on any atom is -0.312 e. The highest BCUT2D eigenvalue weighted by Gasteiger charge is 2.35. The van der Waals surface area contributed by atoms with E-state index in [2.05, 4.69) is 29.2 Å². The lowest BCUT2D eigenvalue weighted by molar-refractivity contribution is -0.124. The Balaban J connectivity index is 2.32. The van der Waals surface area contributed by atoms with E-state index < -0.39 is 13.6 Å². The summed E-state index contributed by atoms with van der Waals surface area (Å²) in [6, 6.07) is 19.7. The van der Waals surface area contributed by atoms with Crippen LogP contribution in [-0.4, -0.2) is 37.1 Å². The van der Waals surface area contributed by atoms with Crippen molar-refractivity contribution < 1.29 is 18.4 Å². The van der Waals surface area contributed by atoms with Gasteiger partial charge in [0.1, 0.15) is 6.16 Å². The summed E-state index contributed by atoms with van der Waals surface area (Å²) in [5.74, 6) is -0.0871. The van der Waals surface area contributed by atoms with E-state index in [1.54, 1.807) is 0 Å². The van der Waals surface area contributed by atoms with Crippen LogP contribution in [-0.2, 0) is 31.5 Å². The summed E-state index contributed by atoms with van der Waals surface area (Å²) < 4.78 is 22.5. The van der Waals surface area contributed by atoms with Crippen molar-refractivity contribution in [1.29, 1.82) is 0 Å². The third kappa shape index (κ3) is 6.39. The van der Waals surface area contributed by atoms with E-state index in [1.165, 1.54) is 14.2 Å². The SMILES string of the molecule is COP(=O)(CC(=O)[C@@H](C(C)C)N(Cc1ccccc1)Cc1ccccc1)OC. The standard InChI is InChI=1S/C22H30NO4P/c1-18(2)22(21(24)17-28(25,26-3)27-4)23(15-19-11-7-5-8-12-19)16-20-13-9-6-10-14-20/h5-14,18,22H,15-17H2,1-4H3/t22-/m1/s1. The van der Waals surface area contributed by atoms with E-state index in [0.29, 0.717) is 13.1 Å². The van der Waals surface area contributed by atoms with E-state index in [-0.39, 0.29) is 17.9 Å². The number of hydrogen-bond donors (Lipinski definition) is 0. The lowest BCUT2D eigenvalue weighted by Gasteiger charge is -2.34. The zero-order valence-corrected chi connectivity index (χ0v) is 18.0. The number of nitrogens with zero attached hydrogens (tertiary/aromatic N) is 1. The van der Waals surface area contributed by atoms with Gasteiger partial charge in [0.15, 0.2) is 5.78 Å². The van der Waals surface area contributed by atoms with Crippen LogP contribution in [0, 0.1) is 5.92 Å². The van der Waals surface area contributed by atoms with E-state index in [0.717, 1.165) is 11.1 Å². The molecule has 0 heterocycles. The Labute approximate surface area is 168 Å². The van der Waals surface area contributed by atoms with Gasteiger partial charge in [-0.25, -0.2) is 0 Å². The Morgan fingerprint density at radius 1 is 0.893 bits per heavy atom. The molecule has 0 aliphatic heterocycles. The summed E-state index contributed by atoms with van der Waals surface area (Å²) in [7, 11) is -0.785. The smallest absolute Gasteiger partial charge is 0.312 e. The van der Waals surface area contributed by atoms with Crippen LogP contribution in [0.5, 0.6) is 0 Å². The van der Waals surface area contributed by atoms with Crippen LogP contribution in [0.1, 0.15) is 25.0 Å². The first-order chi connectivity index (χ1) is 13.4. The summed E-state index contributed by atoms with van der Waals surface area (Å²) in [5.41, 5.74) is 2.25. The average Bonchev–Trinajstić information content (AvgIpc) is 2.69. The highest BCUT2D eigenvalue weighted by Crippen LogP contribution is 2.46. The summed E-state index contributed by atoms with van der Waals surface area (Å²) in [4.78, 5) is 15.3. The van der Waals surface area contributed by atoms with Crippen molar-refractivity contribution in [2.45, 2.75) is 33.0 Å². The predicted octanol–water partition coefficient (Wildman–Crippen LogP) is 4.77. The van der Waals surface area contributed by atoms with Crippen molar-refractivity contribution in [2.24, 2.45) is 5.92 Å². The van der Waals surface area contributed by atoms with Crippen LogP contribution in [0.2, 0.25) is 0 Å². The van der Waals surface area contributed by atoms with Gasteiger partial charge in [0.2, 0.25) is 0 Å². The van der Waals surface area contributed by atoms with Crippen molar-refractivity contribution in [3.05, 3.63) is 71.8 Å². The number of ketones is 1. The molecule has 0 saturated carbocycles. The summed E-state index contributed by atoms with van der Waals surface area (Å²) in [6.45, 7) is 5.26. The van der Waals surface area contributed by atoms with Gasteiger partial charge in [-0.1, -0.05) is 74.5 Å². The van der Waals surface area contributed by atoms with Gasteiger partial charge in [-0.2, -0.15) is 0 Å². The van der Waals surface area contributed by atoms with Crippen molar-refractivity contribution in [1.82, 2.24) is 4.90 Å². The maximum Gasteiger partial charge on any atom is 0.337 e. The fourth-order valence-electron chi connectivity index (χ4n) is 3.37. The van der Waals surface area contributed by atoms with Gasteiger partial charge < -0.3 is 9.05 Å². The quantitative estimate of drug-likeness (QED) is 0.506. The molecule has 2 aromatic rings. The maximum atomic E-state index is 13.2. The summed E-state index contributed by atoms with van der Waals surface area (Å²) >= 11 is 0. The first kappa shape index (κ1) is 22.5. The predicted molar refractivity (Wildman–Crippen MR) is 112 cm³/mol. The number of carbonyl (C=O) groups excluding carboxylic acids is 1. The first-order valence-corrected chi connectivity index (χ1v) is 11.2. The second kappa shape index (κ2) is 10.7. The zero-order valence-electron chi connectivity index (χ0n) is 17.1. The molecule has 1 atom stereocenters. The molecule has 0 spiro atoms. The van der Waals surface area contributed by atoms with Crippen molar-refractivity contribution in [2.75, 3.05) is 20.4 Å². The summed E-state index contributed by atoms with van der Waals surface area (Å²) in [6.07, 6.45) is -0.233. The van der Waals surface area contributed by atoms with Gasteiger partial charge in [-0.15, -0.1) is 0 Å². The zero-order chi connectivity index (χ0) is 20.6. The molecule has 0 radical (unpaired) electrons. The molecule has 6 heteroatoms. The molecular formula is C22H30NO4P. The fourth-order valence-corrected chi connectivity index (χ4v) is 4.35. The van der Waals surface area contributed by atoms with E-state index in [1.807, 2.05) is 50.2 Å². The lowest BCUT2D eigenvalue weighted by Crippen LogP contribution is -2.45. The van der Waals surface area contributed by atoms with Crippen molar-refractivity contribution in [3.63, 3.8) is 0 Å². The van der Waals surface area contributed by atoms with Crippen LogP contribution >= 0.6 is 7.60 Å². The van der Waals surface area contributed by atoms with Gasteiger partial charge in [0.05, 0.1) is 6.04 Å². The Bertz CT molecular complexity index is 730. The number of rotatable bonds is 11. The third-order valence-corrected chi connectivity index (χ3v) is 6.53. The summed E-state index contributed by atoms with van der Waals surface area (Å²) in [5, 5.41) is 0. The molecule has 0 aliphatic rings. The Morgan fingerprint density at radius 3 is 1.68 bits per heavy atom. The molecule has 0 unspecified atom stereocenters. The van der Waals surface area contributed by atoms with Crippen molar-refractivity contribution in [3.8, 4) is 0 Å². The Morgan fingerprint density at radius 2 is 1.32 bits per heavy atom. The minimum atomic E-state index is -3.41.